The molecule has 26 heavy (non-hydrogen) atoms. The van der Waals surface area contributed by atoms with E-state index in [0.717, 1.165) is 17.0 Å². The van der Waals surface area contributed by atoms with Crippen LogP contribution in [0.2, 0.25) is 0 Å². The molecule has 1 N–H and O–H groups in total. The van der Waals surface area contributed by atoms with Crippen LogP contribution in [0.3, 0.4) is 0 Å². The van der Waals surface area contributed by atoms with Gasteiger partial charge in [0, 0.05) is 24.9 Å². The Kier molecular flexibility index (Phi) is 5.79. The van der Waals surface area contributed by atoms with Gasteiger partial charge in [0.05, 0.1) is 5.69 Å². The van der Waals surface area contributed by atoms with Crippen LogP contribution in [-0.4, -0.2) is 17.4 Å². The topological polar surface area (TPSA) is 55.1 Å². The summed E-state index contributed by atoms with van der Waals surface area (Å²) in [6.45, 7) is 2.26. The molecule has 0 spiro atoms. The second kappa shape index (κ2) is 8.43. The number of nitrogens with zero attached hydrogens (tertiary/aromatic N) is 1. The Bertz CT molecular complexity index is 875. The van der Waals surface area contributed by atoms with Crippen LogP contribution < -0.4 is 5.32 Å². The maximum Gasteiger partial charge on any atom is 0.226 e. The lowest BCUT2D eigenvalue weighted by molar-refractivity contribution is -0.121. The van der Waals surface area contributed by atoms with Crippen molar-refractivity contribution in [3.63, 3.8) is 0 Å². The zero-order valence-electron chi connectivity index (χ0n) is 14.7. The monoisotopic (exact) mass is 352 g/mol. The normalized spacial score (nSPS) is 10.7. The number of rotatable bonds is 7. The van der Waals surface area contributed by atoms with Crippen molar-refractivity contribution < 1.29 is 13.6 Å². The molecule has 0 radical (unpaired) electrons. The predicted octanol–water partition coefficient (Wildman–Crippen LogP) is 4.08. The molecule has 0 bridgehead atoms. The Hall–Kier alpha value is -2.95. The molecule has 1 amide bonds. The van der Waals surface area contributed by atoms with E-state index in [0.29, 0.717) is 37.3 Å². The van der Waals surface area contributed by atoms with Crippen LogP contribution in [0, 0.1) is 12.7 Å². The number of carbonyl (C=O) groups excluding carboxylic acids is 1. The number of oxazole rings is 1. The van der Waals surface area contributed by atoms with Gasteiger partial charge in [0.2, 0.25) is 11.8 Å². The van der Waals surface area contributed by atoms with E-state index in [9.17, 15) is 9.18 Å². The highest BCUT2D eigenvalue weighted by Gasteiger charge is 2.12. The highest BCUT2D eigenvalue weighted by molar-refractivity contribution is 5.76. The second-order valence-corrected chi connectivity index (χ2v) is 6.08. The molecule has 1 aromatic heterocycles. The summed E-state index contributed by atoms with van der Waals surface area (Å²) in [4.78, 5) is 16.5. The Balaban J connectivity index is 1.49. The van der Waals surface area contributed by atoms with Crippen LogP contribution in [-0.2, 0) is 17.6 Å². The van der Waals surface area contributed by atoms with Crippen LogP contribution in [0.4, 0.5) is 4.39 Å². The average molecular weight is 352 g/mol. The predicted molar refractivity (Wildman–Crippen MR) is 98.1 cm³/mol. The van der Waals surface area contributed by atoms with E-state index in [1.165, 1.54) is 6.07 Å². The average Bonchev–Trinajstić information content (AvgIpc) is 3.03. The Morgan fingerprint density at radius 1 is 1.08 bits per heavy atom. The standard InChI is InChI=1S/C21H21FN2O2/c1-15-19(24-21(26-15)17-8-3-2-4-9-17)11-12-20(25)23-14-13-16-7-5-6-10-18(16)22/h2-10H,11-14H2,1H3,(H,23,25). The van der Waals surface area contributed by atoms with Gasteiger partial charge in [-0.15, -0.1) is 0 Å². The third kappa shape index (κ3) is 4.57. The number of hydrogen-bond donors (Lipinski definition) is 1. The molecule has 4 nitrogen and oxygen atoms in total. The molecule has 0 aliphatic heterocycles. The van der Waals surface area contributed by atoms with Crippen LogP contribution in [0.15, 0.2) is 59.0 Å². The minimum atomic E-state index is -0.242. The van der Waals surface area contributed by atoms with Crippen molar-refractivity contribution in [2.75, 3.05) is 6.54 Å². The highest BCUT2D eigenvalue weighted by atomic mass is 19.1. The van der Waals surface area contributed by atoms with Gasteiger partial charge in [0.15, 0.2) is 0 Å². The zero-order chi connectivity index (χ0) is 18.4. The molecule has 0 unspecified atom stereocenters. The largest absolute Gasteiger partial charge is 0.441 e. The molecule has 3 aromatic rings. The third-order valence-corrected chi connectivity index (χ3v) is 4.18. The summed E-state index contributed by atoms with van der Waals surface area (Å²) in [6, 6.07) is 16.3. The molecule has 134 valence electrons. The fourth-order valence-corrected chi connectivity index (χ4v) is 2.72. The van der Waals surface area contributed by atoms with E-state index in [1.807, 2.05) is 37.3 Å². The molecule has 5 heteroatoms. The van der Waals surface area contributed by atoms with Gasteiger partial charge in [-0.2, -0.15) is 0 Å². The fraction of sp³-hybridized carbons (Fsp3) is 0.238. The number of amides is 1. The molecule has 0 fully saturated rings. The number of aromatic nitrogens is 1. The van der Waals surface area contributed by atoms with E-state index in [1.54, 1.807) is 18.2 Å². The van der Waals surface area contributed by atoms with Crippen LogP contribution >= 0.6 is 0 Å². The quantitative estimate of drug-likeness (QED) is 0.697. The van der Waals surface area contributed by atoms with Gasteiger partial charge in [-0.25, -0.2) is 9.37 Å². The van der Waals surface area contributed by atoms with Gasteiger partial charge in [-0.05, 0) is 37.1 Å². The lowest BCUT2D eigenvalue weighted by Gasteiger charge is -2.05. The Morgan fingerprint density at radius 2 is 1.81 bits per heavy atom. The number of benzene rings is 2. The third-order valence-electron chi connectivity index (χ3n) is 4.18. The van der Waals surface area contributed by atoms with E-state index in [2.05, 4.69) is 10.3 Å². The lowest BCUT2D eigenvalue weighted by atomic mass is 10.1. The van der Waals surface area contributed by atoms with Gasteiger partial charge < -0.3 is 9.73 Å². The van der Waals surface area contributed by atoms with Crippen LogP contribution in [0.25, 0.3) is 11.5 Å². The molecule has 0 atom stereocenters. The van der Waals surface area contributed by atoms with Crippen molar-refractivity contribution in [2.45, 2.75) is 26.2 Å². The summed E-state index contributed by atoms with van der Waals surface area (Å²) < 4.78 is 19.2. The van der Waals surface area contributed by atoms with Crippen molar-refractivity contribution in [3.8, 4) is 11.5 Å². The van der Waals surface area contributed by atoms with Crippen molar-refractivity contribution >= 4 is 5.91 Å². The molecular weight excluding hydrogens is 331 g/mol. The first kappa shape index (κ1) is 17.9. The molecule has 0 aliphatic carbocycles. The maximum absolute atomic E-state index is 13.5. The van der Waals surface area contributed by atoms with Gasteiger partial charge in [-0.1, -0.05) is 36.4 Å². The van der Waals surface area contributed by atoms with Crippen LogP contribution in [0.1, 0.15) is 23.4 Å². The number of carbonyl (C=O) groups is 1. The summed E-state index contributed by atoms with van der Waals surface area (Å²) in [5.74, 6) is 0.972. The first-order chi connectivity index (χ1) is 12.6. The second-order valence-electron chi connectivity index (χ2n) is 6.08. The molecule has 0 aliphatic rings. The van der Waals surface area contributed by atoms with Crippen molar-refractivity contribution in [3.05, 3.63) is 77.4 Å². The van der Waals surface area contributed by atoms with Gasteiger partial charge in [-0.3, -0.25) is 4.79 Å². The van der Waals surface area contributed by atoms with E-state index in [4.69, 9.17) is 4.42 Å². The summed E-state index contributed by atoms with van der Waals surface area (Å²) in [5, 5.41) is 2.82. The molecule has 0 saturated carbocycles. The van der Waals surface area contributed by atoms with Crippen LogP contribution in [0.5, 0.6) is 0 Å². The van der Waals surface area contributed by atoms with Gasteiger partial charge in [0.25, 0.3) is 0 Å². The first-order valence-electron chi connectivity index (χ1n) is 8.65. The van der Waals surface area contributed by atoms with E-state index >= 15 is 0 Å². The molecular formula is C21H21FN2O2. The highest BCUT2D eigenvalue weighted by Crippen LogP contribution is 2.22. The number of nitrogens with one attached hydrogen (secondary N) is 1. The van der Waals surface area contributed by atoms with Gasteiger partial charge >= 0.3 is 0 Å². The van der Waals surface area contributed by atoms with Crippen molar-refractivity contribution in [2.24, 2.45) is 0 Å². The van der Waals surface area contributed by atoms with Crippen molar-refractivity contribution in [1.82, 2.24) is 10.3 Å². The number of hydrogen-bond acceptors (Lipinski definition) is 3. The SMILES string of the molecule is Cc1oc(-c2ccccc2)nc1CCC(=O)NCCc1ccccc1F. The summed E-state index contributed by atoms with van der Waals surface area (Å²) >= 11 is 0. The van der Waals surface area contributed by atoms with Gasteiger partial charge in [0.1, 0.15) is 11.6 Å². The minimum absolute atomic E-state index is 0.0787. The number of aryl methyl sites for hydroxylation is 2. The summed E-state index contributed by atoms with van der Waals surface area (Å²) in [5.41, 5.74) is 2.30. The Morgan fingerprint density at radius 3 is 2.58 bits per heavy atom. The number of halogens is 1. The first-order valence-corrected chi connectivity index (χ1v) is 8.65. The zero-order valence-corrected chi connectivity index (χ0v) is 14.7. The summed E-state index contributed by atoms with van der Waals surface area (Å²) in [6.07, 6.45) is 1.30. The minimum Gasteiger partial charge on any atom is -0.441 e. The molecule has 2 aromatic carbocycles. The van der Waals surface area contributed by atoms with Crippen molar-refractivity contribution in [1.29, 1.82) is 0 Å². The maximum atomic E-state index is 13.5. The smallest absolute Gasteiger partial charge is 0.226 e. The molecule has 0 saturated heterocycles. The molecule has 3 rings (SSSR count). The van der Waals surface area contributed by atoms with E-state index < -0.39 is 0 Å². The summed E-state index contributed by atoms with van der Waals surface area (Å²) in [7, 11) is 0. The Labute approximate surface area is 152 Å². The molecule has 1 heterocycles. The lowest BCUT2D eigenvalue weighted by Crippen LogP contribution is -2.26. The van der Waals surface area contributed by atoms with E-state index in [-0.39, 0.29) is 11.7 Å². The fourth-order valence-electron chi connectivity index (χ4n) is 2.72.